The fourth-order valence-corrected chi connectivity index (χ4v) is 4.54. The molecular weight excluding hydrogens is 352 g/mol. The van der Waals surface area contributed by atoms with Gasteiger partial charge in [-0.15, -0.1) is 0 Å². The molecule has 0 amide bonds. The molecule has 29 heavy (non-hydrogen) atoms. The van der Waals surface area contributed by atoms with Crippen molar-refractivity contribution in [2.45, 2.75) is 93.6 Å². The smallest absolute Gasteiger partial charge is 0.121 e. The Balaban J connectivity index is 0.000000989. The van der Waals surface area contributed by atoms with E-state index in [1.165, 1.54) is 33.4 Å². The van der Waals surface area contributed by atoms with Crippen LogP contribution in [0.5, 0.6) is 0 Å². The molecule has 0 N–H and O–H groups in total. The van der Waals surface area contributed by atoms with Crippen molar-refractivity contribution in [3.63, 3.8) is 0 Å². The van der Waals surface area contributed by atoms with Crippen molar-refractivity contribution in [3.8, 4) is 0 Å². The Morgan fingerprint density at radius 1 is 0.759 bits per heavy atom. The Bertz CT molecular complexity index is 690. The summed E-state index contributed by atoms with van der Waals surface area (Å²) >= 11 is 0. The summed E-state index contributed by atoms with van der Waals surface area (Å²) in [6, 6.07) is 14.1. The van der Waals surface area contributed by atoms with Crippen molar-refractivity contribution in [1.82, 2.24) is 0 Å². The number of hydrogen-bond acceptors (Lipinski definition) is 1. The zero-order valence-corrected chi connectivity index (χ0v) is 20.5. The highest BCUT2D eigenvalue weighted by Gasteiger charge is 2.46. The third-order valence-corrected chi connectivity index (χ3v) is 5.81. The van der Waals surface area contributed by atoms with Gasteiger partial charge in [0.25, 0.3) is 0 Å². The molecule has 0 spiro atoms. The largest absolute Gasteiger partial charge is 0.365 e. The maximum atomic E-state index is 6.63. The van der Waals surface area contributed by atoms with Gasteiger partial charge in [0.2, 0.25) is 0 Å². The fraction of sp³-hybridized carbons (Fsp3) is 0.571. The summed E-state index contributed by atoms with van der Waals surface area (Å²) in [5, 5.41) is 0. The molecule has 0 saturated carbocycles. The lowest BCUT2D eigenvalue weighted by atomic mass is 9.73. The lowest BCUT2D eigenvalue weighted by Crippen LogP contribution is -2.34. The van der Waals surface area contributed by atoms with Crippen molar-refractivity contribution in [2.75, 3.05) is 6.61 Å². The van der Waals surface area contributed by atoms with Gasteiger partial charge < -0.3 is 4.74 Å². The number of rotatable bonds is 5. The lowest BCUT2D eigenvalue weighted by Gasteiger charge is -2.36. The monoisotopic (exact) mass is 396 g/mol. The van der Waals surface area contributed by atoms with Crippen molar-refractivity contribution < 1.29 is 4.74 Å². The van der Waals surface area contributed by atoms with Gasteiger partial charge in [-0.1, -0.05) is 96.0 Å². The van der Waals surface area contributed by atoms with Gasteiger partial charge in [-0.3, -0.25) is 0 Å². The molecule has 1 unspecified atom stereocenters. The molecule has 1 heteroatoms. The Kier molecular flexibility index (Phi) is 10.7. The predicted octanol–water partition coefficient (Wildman–Crippen LogP) is 8.17. The first-order valence-electron chi connectivity index (χ1n) is 11.9. The second-order valence-electron chi connectivity index (χ2n) is 7.60. The van der Waals surface area contributed by atoms with Crippen LogP contribution in [-0.2, 0) is 23.2 Å². The van der Waals surface area contributed by atoms with Gasteiger partial charge in [0.1, 0.15) is 5.60 Å². The van der Waals surface area contributed by atoms with Crippen LogP contribution in [0, 0.1) is 19.8 Å². The van der Waals surface area contributed by atoms with Crippen LogP contribution in [0.1, 0.15) is 94.7 Å². The second kappa shape index (κ2) is 12.2. The van der Waals surface area contributed by atoms with E-state index >= 15 is 0 Å². The Morgan fingerprint density at radius 3 is 1.59 bits per heavy atom. The standard InChI is InChI=1S/C24H32O.2C2H6/c1-6-19-11-17(4)13-22(15-19)24(21(8-3)9-10-25-24)23-14-18(5)12-20(7-2)16-23;2*1-2/h11-16,21H,6-10H2,1-5H3;2*1-2H3. The third-order valence-electron chi connectivity index (χ3n) is 5.81. The van der Waals surface area contributed by atoms with Crippen LogP contribution in [0.25, 0.3) is 0 Å². The Hall–Kier alpha value is -1.60. The van der Waals surface area contributed by atoms with Gasteiger partial charge in [0.05, 0.1) is 0 Å². The van der Waals surface area contributed by atoms with Crippen LogP contribution in [-0.4, -0.2) is 6.61 Å². The van der Waals surface area contributed by atoms with Gasteiger partial charge in [-0.05, 0) is 67.7 Å². The molecular formula is C28H44O. The maximum absolute atomic E-state index is 6.63. The molecule has 2 aromatic carbocycles. The zero-order chi connectivity index (χ0) is 22.0. The van der Waals surface area contributed by atoms with Crippen molar-refractivity contribution in [1.29, 1.82) is 0 Å². The summed E-state index contributed by atoms with van der Waals surface area (Å²) in [5.74, 6) is 0.533. The average molecular weight is 397 g/mol. The first-order valence-corrected chi connectivity index (χ1v) is 11.9. The minimum absolute atomic E-state index is 0.291. The van der Waals surface area contributed by atoms with E-state index in [1.807, 2.05) is 27.7 Å². The molecule has 0 aliphatic carbocycles. The van der Waals surface area contributed by atoms with Gasteiger partial charge in [0, 0.05) is 6.61 Å². The quantitative estimate of drug-likeness (QED) is 0.495. The van der Waals surface area contributed by atoms with E-state index in [0.717, 1.165) is 32.3 Å². The first kappa shape index (κ1) is 25.4. The number of hydrogen-bond donors (Lipinski definition) is 0. The molecule has 162 valence electrons. The molecule has 0 aromatic heterocycles. The van der Waals surface area contributed by atoms with Crippen LogP contribution in [0.2, 0.25) is 0 Å². The molecule has 1 aliphatic rings. The van der Waals surface area contributed by atoms with E-state index in [1.54, 1.807) is 0 Å². The van der Waals surface area contributed by atoms with E-state index in [2.05, 4.69) is 71.0 Å². The van der Waals surface area contributed by atoms with Crippen molar-refractivity contribution in [2.24, 2.45) is 5.92 Å². The summed E-state index contributed by atoms with van der Waals surface area (Å²) in [6.07, 6.45) is 4.41. The van der Waals surface area contributed by atoms with Crippen molar-refractivity contribution in [3.05, 3.63) is 69.8 Å². The number of ether oxygens (including phenoxy) is 1. The topological polar surface area (TPSA) is 9.23 Å². The van der Waals surface area contributed by atoms with Gasteiger partial charge >= 0.3 is 0 Å². The average Bonchev–Trinajstić information content (AvgIpc) is 3.20. The van der Waals surface area contributed by atoms with Crippen LogP contribution in [0.4, 0.5) is 0 Å². The predicted molar refractivity (Wildman–Crippen MR) is 129 cm³/mol. The molecule has 1 fully saturated rings. The zero-order valence-electron chi connectivity index (χ0n) is 20.5. The number of benzene rings is 2. The summed E-state index contributed by atoms with van der Waals surface area (Å²) in [7, 11) is 0. The van der Waals surface area contributed by atoms with Gasteiger partial charge in [-0.25, -0.2) is 0 Å². The SMILES string of the molecule is CC.CC.CCc1cc(C)cc(C2(c3cc(C)cc(CC)c3)OCCC2CC)c1. The number of aryl methyl sites for hydroxylation is 4. The van der Waals surface area contributed by atoms with Crippen LogP contribution in [0.15, 0.2) is 36.4 Å². The molecule has 1 aliphatic heterocycles. The van der Waals surface area contributed by atoms with Crippen molar-refractivity contribution >= 4 is 0 Å². The lowest BCUT2D eigenvalue weighted by molar-refractivity contribution is 0.00893. The highest BCUT2D eigenvalue weighted by Crippen LogP contribution is 2.48. The molecule has 1 heterocycles. The summed E-state index contributed by atoms with van der Waals surface area (Å²) in [4.78, 5) is 0. The molecule has 1 nitrogen and oxygen atoms in total. The summed E-state index contributed by atoms with van der Waals surface area (Å²) < 4.78 is 6.63. The molecule has 3 rings (SSSR count). The van der Waals surface area contributed by atoms with Crippen LogP contribution < -0.4 is 0 Å². The highest BCUT2D eigenvalue weighted by atomic mass is 16.5. The van der Waals surface area contributed by atoms with Gasteiger partial charge in [0.15, 0.2) is 0 Å². The summed E-state index contributed by atoms with van der Waals surface area (Å²) in [5.41, 5.74) is 7.89. The van der Waals surface area contributed by atoms with E-state index in [-0.39, 0.29) is 5.60 Å². The van der Waals surface area contributed by atoms with E-state index < -0.39 is 0 Å². The van der Waals surface area contributed by atoms with E-state index in [9.17, 15) is 0 Å². The van der Waals surface area contributed by atoms with Gasteiger partial charge in [-0.2, -0.15) is 0 Å². The van der Waals surface area contributed by atoms with Crippen LogP contribution in [0.3, 0.4) is 0 Å². The molecule has 2 aromatic rings. The fourth-order valence-electron chi connectivity index (χ4n) is 4.54. The molecule has 0 bridgehead atoms. The summed E-state index contributed by atoms with van der Waals surface area (Å²) in [6.45, 7) is 20.0. The van der Waals surface area contributed by atoms with Crippen LogP contribution >= 0.6 is 0 Å². The minimum atomic E-state index is -0.291. The maximum Gasteiger partial charge on any atom is 0.121 e. The Morgan fingerprint density at radius 2 is 1.21 bits per heavy atom. The highest BCUT2D eigenvalue weighted by molar-refractivity contribution is 5.45. The second-order valence-corrected chi connectivity index (χ2v) is 7.60. The molecule has 1 saturated heterocycles. The van der Waals surface area contributed by atoms with E-state index in [4.69, 9.17) is 4.74 Å². The Labute approximate surface area is 180 Å². The third kappa shape index (κ3) is 5.51. The minimum Gasteiger partial charge on any atom is -0.365 e. The molecule has 1 atom stereocenters. The first-order chi connectivity index (χ1) is 14.0. The normalized spacial score (nSPS) is 17.1. The van der Waals surface area contributed by atoms with E-state index in [0.29, 0.717) is 5.92 Å². The molecule has 0 radical (unpaired) electrons.